The molecule has 26 heavy (non-hydrogen) atoms. The van der Waals surface area contributed by atoms with Crippen molar-refractivity contribution in [3.05, 3.63) is 35.4 Å². The molecule has 5 heteroatoms. The number of benzene rings is 1. The lowest BCUT2D eigenvalue weighted by Crippen LogP contribution is -2.39. The van der Waals surface area contributed by atoms with E-state index in [0.29, 0.717) is 18.5 Å². The average Bonchev–Trinajstić information content (AvgIpc) is 2.95. The van der Waals surface area contributed by atoms with E-state index in [-0.39, 0.29) is 5.91 Å². The van der Waals surface area contributed by atoms with Crippen molar-refractivity contribution < 1.29 is 4.79 Å². The van der Waals surface area contributed by atoms with E-state index in [4.69, 9.17) is 5.73 Å². The van der Waals surface area contributed by atoms with Crippen molar-refractivity contribution in [2.75, 3.05) is 13.1 Å². The summed E-state index contributed by atoms with van der Waals surface area (Å²) in [4.78, 5) is 18.9. The topological polar surface area (TPSA) is 70.7 Å². The molecule has 0 unspecified atom stereocenters. The van der Waals surface area contributed by atoms with Gasteiger partial charge in [0.25, 0.3) is 5.91 Å². The van der Waals surface area contributed by atoms with Gasteiger partial charge < -0.3 is 16.0 Å². The molecule has 3 rings (SSSR count). The number of amides is 1. The van der Waals surface area contributed by atoms with Crippen LogP contribution in [0.5, 0.6) is 0 Å². The zero-order valence-electron chi connectivity index (χ0n) is 15.8. The van der Waals surface area contributed by atoms with Crippen LogP contribution in [0.25, 0.3) is 0 Å². The van der Waals surface area contributed by atoms with E-state index in [0.717, 1.165) is 37.1 Å². The highest BCUT2D eigenvalue weighted by Gasteiger charge is 2.17. The van der Waals surface area contributed by atoms with E-state index in [1.54, 1.807) is 0 Å². The summed E-state index contributed by atoms with van der Waals surface area (Å²) in [7, 11) is 0. The summed E-state index contributed by atoms with van der Waals surface area (Å²) >= 11 is 0. The van der Waals surface area contributed by atoms with E-state index < -0.39 is 0 Å². The monoisotopic (exact) mass is 356 g/mol. The normalized spacial score (nSPS) is 19.8. The number of guanidine groups is 1. The summed E-state index contributed by atoms with van der Waals surface area (Å²) in [6, 6.07) is 8.26. The number of hydrogen-bond donors (Lipinski definition) is 2. The van der Waals surface area contributed by atoms with Crippen LogP contribution >= 0.6 is 0 Å². The molecule has 3 N–H and O–H groups in total. The summed E-state index contributed by atoms with van der Waals surface area (Å²) in [6.45, 7) is 2.31. The minimum Gasteiger partial charge on any atom is -0.370 e. The molecule has 2 aliphatic rings. The molecule has 0 radical (unpaired) electrons. The first kappa shape index (κ1) is 18.7. The van der Waals surface area contributed by atoms with Gasteiger partial charge in [-0.25, -0.2) is 4.99 Å². The first-order valence-electron chi connectivity index (χ1n) is 10.2. The summed E-state index contributed by atoms with van der Waals surface area (Å²) < 4.78 is 0. The van der Waals surface area contributed by atoms with Crippen molar-refractivity contribution in [1.82, 2.24) is 10.2 Å². The fraction of sp³-hybridized carbons (Fsp3) is 0.619. The van der Waals surface area contributed by atoms with Gasteiger partial charge in [-0.3, -0.25) is 4.79 Å². The lowest BCUT2D eigenvalue weighted by Gasteiger charge is -2.26. The second kappa shape index (κ2) is 9.60. The maximum Gasteiger partial charge on any atom is 0.253 e. The molecule has 142 valence electrons. The van der Waals surface area contributed by atoms with Crippen molar-refractivity contribution in [2.45, 2.75) is 70.4 Å². The molecular formula is C21H32N4O. The maximum atomic E-state index is 12.5. The maximum absolute atomic E-state index is 12.5. The van der Waals surface area contributed by atoms with Gasteiger partial charge in [0, 0.05) is 24.7 Å². The van der Waals surface area contributed by atoms with Crippen molar-refractivity contribution in [3.63, 3.8) is 0 Å². The molecule has 5 nitrogen and oxygen atoms in total. The molecule has 1 aliphatic carbocycles. The van der Waals surface area contributed by atoms with Crippen LogP contribution < -0.4 is 11.1 Å². The SMILES string of the molecule is NC(=NCc1ccc(C(=O)N2CCCCC2)cc1)NC1CCCCCC1. The Morgan fingerprint density at radius 3 is 2.27 bits per heavy atom. The van der Waals surface area contributed by atoms with Gasteiger partial charge in [0.1, 0.15) is 0 Å². The Labute approximate surface area is 157 Å². The van der Waals surface area contributed by atoms with Gasteiger partial charge in [-0.1, -0.05) is 37.8 Å². The van der Waals surface area contributed by atoms with Crippen molar-refractivity contribution >= 4 is 11.9 Å². The molecule has 1 amide bonds. The molecule has 1 aromatic carbocycles. The first-order chi connectivity index (χ1) is 12.7. The molecule has 1 aromatic rings. The minimum atomic E-state index is 0.147. The number of piperidine rings is 1. The van der Waals surface area contributed by atoms with Gasteiger partial charge in [0.2, 0.25) is 0 Å². The van der Waals surface area contributed by atoms with Crippen LogP contribution in [-0.2, 0) is 6.54 Å². The number of aliphatic imine (C=N–C) groups is 1. The van der Waals surface area contributed by atoms with Gasteiger partial charge in [-0.05, 0) is 49.8 Å². The summed E-state index contributed by atoms with van der Waals surface area (Å²) in [5.74, 6) is 0.680. The van der Waals surface area contributed by atoms with Crippen LogP contribution in [-0.4, -0.2) is 35.9 Å². The third-order valence-corrected chi connectivity index (χ3v) is 5.48. The highest BCUT2D eigenvalue weighted by atomic mass is 16.2. The number of carbonyl (C=O) groups is 1. The molecule has 1 aliphatic heterocycles. The fourth-order valence-electron chi connectivity index (χ4n) is 3.89. The van der Waals surface area contributed by atoms with Gasteiger partial charge in [0.15, 0.2) is 5.96 Å². The Hall–Kier alpha value is -2.04. The number of nitrogens with one attached hydrogen (secondary N) is 1. The third-order valence-electron chi connectivity index (χ3n) is 5.48. The Kier molecular flexibility index (Phi) is 6.92. The smallest absolute Gasteiger partial charge is 0.253 e. The van der Waals surface area contributed by atoms with Crippen LogP contribution in [0.15, 0.2) is 29.3 Å². The lowest BCUT2D eigenvalue weighted by atomic mass is 10.1. The predicted octanol–water partition coefficient (Wildman–Crippen LogP) is 3.44. The van der Waals surface area contributed by atoms with Crippen LogP contribution in [0.2, 0.25) is 0 Å². The molecule has 1 saturated heterocycles. The number of nitrogens with two attached hydrogens (primary N) is 1. The van der Waals surface area contributed by atoms with Crippen LogP contribution in [0.3, 0.4) is 0 Å². The Bertz CT molecular complexity index is 597. The van der Waals surface area contributed by atoms with E-state index >= 15 is 0 Å². The van der Waals surface area contributed by atoms with E-state index in [1.165, 1.54) is 44.9 Å². The van der Waals surface area contributed by atoms with Gasteiger partial charge >= 0.3 is 0 Å². The van der Waals surface area contributed by atoms with Crippen LogP contribution in [0.4, 0.5) is 0 Å². The van der Waals surface area contributed by atoms with Crippen molar-refractivity contribution in [1.29, 1.82) is 0 Å². The fourth-order valence-corrected chi connectivity index (χ4v) is 3.89. The van der Waals surface area contributed by atoms with Crippen LogP contribution in [0.1, 0.15) is 73.7 Å². The summed E-state index contributed by atoms with van der Waals surface area (Å²) in [5, 5.41) is 3.37. The van der Waals surface area contributed by atoms with Gasteiger partial charge in [0.05, 0.1) is 6.54 Å². The number of rotatable bonds is 4. The number of nitrogens with zero attached hydrogens (tertiary/aromatic N) is 2. The molecule has 0 bridgehead atoms. The number of hydrogen-bond acceptors (Lipinski definition) is 2. The Morgan fingerprint density at radius 2 is 1.62 bits per heavy atom. The molecule has 0 aromatic heterocycles. The zero-order chi connectivity index (χ0) is 18.2. The molecule has 1 heterocycles. The van der Waals surface area contributed by atoms with Crippen molar-refractivity contribution in [2.24, 2.45) is 10.7 Å². The molecular weight excluding hydrogens is 324 g/mol. The summed E-state index contributed by atoms with van der Waals surface area (Å²) in [5.41, 5.74) is 7.90. The Morgan fingerprint density at radius 1 is 1.00 bits per heavy atom. The molecule has 1 saturated carbocycles. The van der Waals surface area contributed by atoms with E-state index in [9.17, 15) is 4.79 Å². The molecule has 0 atom stereocenters. The standard InChI is InChI=1S/C21H32N4O/c22-21(24-19-8-4-1-2-5-9-19)23-16-17-10-12-18(13-11-17)20(26)25-14-6-3-7-15-25/h10-13,19H,1-9,14-16H2,(H3,22,23,24). The third kappa shape index (κ3) is 5.48. The predicted molar refractivity (Wildman–Crippen MR) is 106 cm³/mol. The van der Waals surface area contributed by atoms with Crippen molar-refractivity contribution in [3.8, 4) is 0 Å². The number of carbonyl (C=O) groups excluding carboxylic acids is 1. The van der Waals surface area contributed by atoms with Gasteiger partial charge in [-0.2, -0.15) is 0 Å². The highest BCUT2D eigenvalue weighted by Crippen LogP contribution is 2.17. The summed E-state index contributed by atoms with van der Waals surface area (Å²) in [6.07, 6.45) is 11.0. The van der Waals surface area contributed by atoms with Gasteiger partial charge in [-0.15, -0.1) is 0 Å². The second-order valence-corrected chi connectivity index (χ2v) is 7.58. The second-order valence-electron chi connectivity index (χ2n) is 7.58. The quantitative estimate of drug-likeness (QED) is 0.493. The lowest BCUT2D eigenvalue weighted by molar-refractivity contribution is 0.0724. The Balaban J connectivity index is 1.50. The largest absolute Gasteiger partial charge is 0.370 e. The zero-order valence-corrected chi connectivity index (χ0v) is 15.8. The molecule has 0 spiro atoms. The minimum absolute atomic E-state index is 0.147. The van der Waals surface area contributed by atoms with E-state index in [1.807, 2.05) is 29.2 Å². The first-order valence-corrected chi connectivity index (χ1v) is 10.2. The number of likely N-dealkylation sites (tertiary alicyclic amines) is 1. The highest BCUT2D eigenvalue weighted by molar-refractivity contribution is 5.94. The van der Waals surface area contributed by atoms with Crippen LogP contribution in [0, 0.1) is 0 Å². The molecule has 2 fully saturated rings. The van der Waals surface area contributed by atoms with E-state index in [2.05, 4.69) is 10.3 Å². The average molecular weight is 357 g/mol.